The molecule has 0 aliphatic rings. The summed E-state index contributed by atoms with van der Waals surface area (Å²) in [5, 5.41) is 7.77. The Bertz CT molecular complexity index is 595. The SMILES string of the molecule is COc1ccc(OC)c(C(C)NC(C)c2cnn(C)c2)c1. The van der Waals surface area contributed by atoms with Crippen molar-refractivity contribution in [3.8, 4) is 11.5 Å². The second kappa shape index (κ2) is 6.63. The lowest BCUT2D eigenvalue weighted by Crippen LogP contribution is -2.22. The Hall–Kier alpha value is -2.01. The summed E-state index contributed by atoms with van der Waals surface area (Å²) >= 11 is 0. The zero-order valence-electron chi connectivity index (χ0n) is 13.3. The highest BCUT2D eigenvalue weighted by molar-refractivity contribution is 5.42. The van der Waals surface area contributed by atoms with Crippen molar-refractivity contribution >= 4 is 0 Å². The van der Waals surface area contributed by atoms with E-state index in [4.69, 9.17) is 9.47 Å². The van der Waals surface area contributed by atoms with Crippen LogP contribution in [0.4, 0.5) is 0 Å². The van der Waals surface area contributed by atoms with Gasteiger partial charge in [0, 0.05) is 36.5 Å². The highest BCUT2D eigenvalue weighted by Gasteiger charge is 2.16. The Morgan fingerprint density at radius 1 is 1.14 bits per heavy atom. The van der Waals surface area contributed by atoms with Crippen molar-refractivity contribution in [1.82, 2.24) is 15.1 Å². The van der Waals surface area contributed by atoms with Gasteiger partial charge in [-0.2, -0.15) is 5.10 Å². The van der Waals surface area contributed by atoms with E-state index in [1.807, 2.05) is 42.3 Å². The first-order valence-electron chi connectivity index (χ1n) is 7.01. The number of hydrogen-bond acceptors (Lipinski definition) is 4. The average molecular weight is 289 g/mol. The van der Waals surface area contributed by atoms with Crippen molar-refractivity contribution in [2.24, 2.45) is 7.05 Å². The molecule has 5 nitrogen and oxygen atoms in total. The third-order valence-corrected chi connectivity index (χ3v) is 3.63. The Kier molecular flexibility index (Phi) is 4.85. The second-order valence-corrected chi connectivity index (χ2v) is 5.17. The van der Waals surface area contributed by atoms with Crippen LogP contribution in [0.5, 0.6) is 11.5 Å². The largest absolute Gasteiger partial charge is 0.497 e. The van der Waals surface area contributed by atoms with Gasteiger partial charge in [0.05, 0.1) is 20.4 Å². The predicted molar refractivity (Wildman–Crippen MR) is 82.7 cm³/mol. The molecule has 0 saturated heterocycles. The van der Waals surface area contributed by atoms with Crippen LogP contribution in [-0.4, -0.2) is 24.0 Å². The van der Waals surface area contributed by atoms with Crippen LogP contribution < -0.4 is 14.8 Å². The molecule has 1 heterocycles. The number of methoxy groups -OCH3 is 2. The van der Waals surface area contributed by atoms with Gasteiger partial charge in [-0.25, -0.2) is 0 Å². The maximum absolute atomic E-state index is 5.45. The molecule has 2 atom stereocenters. The summed E-state index contributed by atoms with van der Waals surface area (Å²) in [6.07, 6.45) is 3.90. The molecule has 0 bridgehead atoms. The topological polar surface area (TPSA) is 48.3 Å². The molecule has 114 valence electrons. The number of hydrogen-bond donors (Lipinski definition) is 1. The van der Waals surface area contributed by atoms with Crippen LogP contribution in [0.2, 0.25) is 0 Å². The minimum Gasteiger partial charge on any atom is -0.497 e. The molecule has 0 aliphatic carbocycles. The van der Waals surface area contributed by atoms with Gasteiger partial charge in [-0.3, -0.25) is 4.68 Å². The molecule has 2 rings (SSSR count). The summed E-state index contributed by atoms with van der Waals surface area (Å²) in [6.45, 7) is 4.24. The quantitative estimate of drug-likeness (QED) is 0.888. The number of nitrogens with zero attached hydrogens (tertiary/aromatic N) is 2. The van der Waals surface area contributed by atoms with Gasteiger partial charge < -0.3 is 14.8 Å². The van der Waals surface area contributed by atoms with Gasteiger partial charge in [-0.15, -0.1) is 0 Å². The van der Waals surface area contributed by atoms with Crippen molar-refractivity contribution in [2.45, 2.75) is 25.9 Å². The maximum Gasteiger partial charge on any atom is 0.123 e. The van der Waals surface area contributed by atoms with Crippen LogP contribution in [-0.2, 0) is 7.05 Å². The molecule has 0 fully saturated rings. The molecule has 2 unspecified atom stereocenters. The molecule has 0 radical (unpaired) electrons. The van der Waals surface area contributed by atoms with Gasteiger partial charge in [-0.05, 0) is 32.0 Å². The second-order valence-electron chi connectivity index (χ2n) is 5.17. The Morgan fingerprint density at radius 2 is 1.90 bits per heavy atom. The fourth-order valence-electron chi connectivity index (χ4n) is 2.40. The molecular weight excluding hydrogens is 266 g/mol. The lowest BCUT2D eigenvalue weighted by atomic mass is 10.0. The fraction of sp³-hybridized carbons (Fsp3) is 0.438. The van der Waals surface area contributed by atoms with Crippen molar-refractivity contribution in [3.63, 3.8) is 0 Å². The molecule has 1 aromatic heterocycles. The van der Waals surface area contributed by atoms with Crippen LogP contribution >= 0.6 is 0 Å². The number of ether oxygens (including phenoxy) is 2. The molecular formula is C16H23N3O2. The Balaban J connectivity index is 2.17. The zero-order valence-corrected chi connectivity index (χ0v) is 13.3. The summed E-state index contributed by atoms with van der Waals surface area (Å²) in [5.74, 6) is 1.68. The number of nitrogens with one attached hydrogen (secondary N) is 1. The lowest BCUT2D eigenvalue weighted by Gasteiger charge is -2.22. The molecule has 1 N–H and O–H groups in total. The number of benzene rings is 1. The molecule has 2 aromatic rings. The first kappa shape index (κ1) is 15.4. The molecule has 0 saturated carbocycles. The minimum atomic E-state index is 0.130. The summed E-state index contributed by atoms with van der Waals surface area (Å²) in [7, 11) is 5.27. The van der Waals surface area contributed by atoms with Crippen LogP contribution in [0.25, 0.3) is 0 Å². The summed E-state index contributed by atoms with van der Waals surface area (Å²) < 4.78 is 12.6. The number of aryl methyl sites for hydroxylation is 1. The summed E-state index contributed by atoms with van der Waals surface area (Å²) in [4.78, 5) is 0. The molecule has 0 amide bonds. The van der Waals surface area contributed by atoms with E-state index in [-0.39, 0.29) is 12.1 Å². The number of rotatable bonds is 6. The third kappa shape index (κ3) is 3.55. The Labute approximate surface area is 125 Å². The number of aromatic nitrogens is 2. The monoisotopic (exact) mass is 289 g/mol. The van der Waals surface area contributed by atoms with E-state index < -0.39 is 0 Å². The van der Waals surface area contributed by atoms with Crippen molar-refractivity contribution in [3.05, 3.63) is 41.7 Å². The van der Waals surface area contributed by atoms with E-state index in [2.05, 4.69) is 24.3 Å². The van der Waals surface area contributed by atoms with Crippen LogP contribution in [0.15, 0.2) is 30.6 Å². The van der Waals surface area contributed by atoms with E-state index in [0.29, 0.717) is 0 Å². The van der Waals surface area contributed by atoms with Gasteiger partial charge in [0.25, 0.3) is 0 Å². The standard InChI is InChI=1S/C16H23N3O2/c1-11(13-9-17-19(3)10-13)18-12(2)15-8-14(20-4)6-7-16(15)21-5/h6-12,18H,1-5H3. The van der Waals surface area contributed by atoms with Crippen LogP contribution in [0.3, 0.4) is 0 Å². The van der Waals surface area contributed by atoms with Gasteiger partial charge in [0.15, 0.2) is 0 Å². The summed E-state index contributed by atoms with van der Waals surface area (Å²) in [5.41, 5.74) is 2.24. The molecule has 21 heavy (non-hydrogen) atoms. The van der Waals surface area contributed by atoms with Crippen LogP contribution in [0.1, 0.15) is 37.1 Å². The van der Waals surface area contributed by atoms with Gasteiger partial charge in [0.1, 0.15) is 11.5 Å². The molecule has 0 aliphatic heterocycles. The fourth-order valence-corrected chi connectivity index (χ4v) is 2.40. The highest BCUT2D eigenvalue weighted by atomic mass is 16.5. The first-order valence-corrected chi connectivity index (χ1v) is 7.01. The van der Waals surface area contributed by atoms with Crippen molar-refractivity contribution in [2.75, 3.05) is 14.2 Å². The van der Waals surface area contributed by atoms with Crippen molar-refractivity contribution < 1.29 is 9.47 Å². The highest BCUT2D eigenvalue weighted by Crippen LogP contribution is 2.30. The van der Waals surface area contributed by atoms with E-state index in [0.717, 1.165) is 22.6 Å². The van der Waals surface area contributed by atoms with Gasteiger partial charge in [-0.1, -0.05) is 0 Å². The minimum absolute atomic E-state index is 0.130. The van der Waals surface area contributed by atoms with Crippen LogP contribution in [0, 0.1) is 0 Å². The molecule has 0 spiro atoms. The normalized spacial score (nSPS) is 13.8. The first-order chi connectivity index (χ1) is 10.0. The summed E-state index contributed by atoms with van der Waals surface area (Å²) in [6, 6.07) is 6.17. The zero-order chi connectivity index (χ0) is 15.4. The van der Waals surface area contributed by atoms with E-state index in [1.165, 1.54) is 0 Å². The lowest BCUT2D eigenvalue weighted by molar-refractivity contribution is 0.387. The average Bonchev–Trinajstić information content (AvgIpc) is 2.93. The molecule has 1 aromatic carbocycles. The van der Waals surface area contributed by atoms with Crippen molar-refractivity contribution in [1.29, 1.82) is 0 Å². The predicted octanol–water partition coefficient (Wildman–Crippen LogP) is 2.85. The van der Waals surface area contributed by atoms with E-state index in [9.17, 15) is 0 Å². The van der Waals surface area contributed by atoms with Gasteiger partial charge in [0.2, 0.25) is 0 Å². The van der Waals surface area contributed by atoms with E-state index >= 15 is 0 Å². The third-order valence-electron chi connectivity index (χ3n) is 3.63. The smallest absolute Gasteiger partial charge is 0.123 e. The van der Waals surface area contributed by atoms with Gasteiger partial charge >= 0.3 is 0 Å². The van der Waals surface area contributed by atoms with E-state index in [1.54, 1.807) is 14.2 Å². The maximum atomic E-state index is 5.45. The molecule has 5 heteroatoms. The Morgan fingerprint density at radius 3 is 2.48 bits per heavy atom.